The van der Waals surface area contributed by atoms with Crippen LogP contribution >= 0.6 is 0 Å². The average molecular weight is 281 g/mol. The van der Waals surface area contributed by atoms with E-state index in [1.807, 2.05) is 19.1 Å². The summed E-state index contributed by atoms with van der Waals surface area (Å²) in [4.78, 5) is 11.5. The monoisotopic (exact) mass is 281 g/mol. The highest BCUT2D eigenvalue weighted by molar-refractivity contribution is 5.74. The van der Waals surface area contributed by atoms with Crippen molar-refractivity contribution in [1.29, 1.82) is 0 Å². The molecule has 0 aliphatic heterocycles. The molecule has 0 aliphatic carbocycles. The van der Waals surface area contributed by atoms with Crippen LogP contribution in [0.2, 0.25) is 0 Å². The third-order valence-electron chi connectivity index (χ3n) is 3.12. The van der Waals surface area contributed by atoms with Gasteiger partial charge in [-0.2, -0.15) is 0 Å². The number of hydrogen-bond acceptors (Lipinski definition) is 5. The molecule has 2 unspecified atom stereocenters. The van der Waals surface area contributed by atoms with Crippen LogP contribution in [0.4, 0.5) is 0 Å². The van der Waals surface area contributed by atoms with E-state index in [4.69, 9.17) is 15.2 Å². The van der Waals surface area contributed by atoms with Crippen LogP contribution in [0, 0.1) is 0 Å². The van der Waals surface area contributed by atoms with Crippen LogP contribution in [0.5, 0.6) is 11.5 Å². The van der Waals surface area contributed by atoms with Crippen LogP contribution < -0.4 is 15.2 Å². The van der Waals surface area contributed by atoms with Gasteiger partial charge in [0.25, 0.3) is 0 Å². The number of benzene rings is 1. The lowest BCUT2D eigenvalue weighted by atomic mass is 10.0. The first-order chi connectivity index (χ1) is 9.51. The van der Waals surface area contributed by atoms with E-state index in [9.17, 15) is 4.79 Å². The van der Waals surface area contributed by atoms with E-state index < -0.39 is 12.1 Å². The molecule has 20 heavy (non-hydrogen) atoms. The molecule has 0 saturated heterocycles. The van der Waals surface area contributed by atoms with Gasteiger partial charge in [0.15, 0.2) is 6.10 Å². The molecular formula is C15H23NO4. The van der Waals surface area contributed by atoms with Gasteiger partial charge in [-0.05, 0) is 31.4 Å². The van der Waals surface area contributed by atoms with Crippen LogP contribution in [-0.2, 0) is 16.0 Å². The summed E-state index contributed by atoms with van der Waals surface area (Å²) in [5, 5.41) is 0. The summed E-state index contributed by atoms with van der Waals surface area (Å²) in [5.41, 5.74) is 6.94. The molecule has 5 heteroatoms. The summed E-state index contributed by atoms with van der Waals surface area (Å²) in [6, 6.07) is 5.58. The van der Waals surface area contributed by atoms with Crippen LogP contribution in [-0.4, -0.2) is 32.3 Å². The van der Waals surface area contributed by atoms with Crippen molar-refractivity contribution in [1.82, 2.24) is 0 Å². The number of hydrogen-bond donors (Lipinski definition) is 1. The Hall–Kier alpha value is -1.75. The van der Waals surface area contributed by atoms with E-state index in [2.05, 4.69) is 4.74 Å². The number of nitrogens with two attached hydrogens (primary N) is 1. The molecule has 2 atom stereocenters. The third kappa shape index (κ3) is 4.42. The largest absolute Gasteiger partial charge is 0.497 e. The predicted molar refractivity (Wildman–Crippen MR) is 77.1 cm³/mol. The minimum absolute atomic E-state index is 0.0548. The molecule has 0 saturated carbocycles. The highest BCUT2D eigenvalue weighted by atomic mass is 16.6. The Kier molecular flexibility index (Phi) is 6.31. The first-order valence-electron chi connectivity index (χ1n) is 6.68. The van der Waals surface area contributed by atoms with Gasteiger partial charge < -0.3 is 19.9 Å². The summed E-state index contributed by atoms with van der Waals surface area (Å²) in [6.45, 7) is 3.68. The standard InChI is InChI=1S/C15H23NO4/c1-5-12(16)8-11-6-7-13(18-3)9-14(11)20-10(2)15(17)19-4/h6-7,9-10,12H,5,8,16H2,1-4H3. The summed E-state index contributed by atoms with van der Waals surface area (Å²) >= 11 is 0. The predicted octanol–water partition coefficient (Wildman–Crippen LogP) is 1.92. The molecular weight excluding hydrogens is 258 g/mol. The van der Waals surface area contributed by atoms with Crippen molar-refractivity contribution < 1.29 is 19.0 Å². The molecule has 0 fully saturated rings. The quantitative estimate of drug-likeness (QED) is 0.773. The number of carbonyl (C=O) groups excluding carboxylic acids is 1. The van der Waals surface area contributed by atoms with Gasteiger partial charge in [0.2, 0.25) is 0 Å². The minimum atomic E-state index is -0.677. The summed E-state index contributed by atoms with van der Waals surface area (Å²) in [5.74, 6) is 0.857. The van der Waals surface area contributed by atoms with Gasteiger partial charge in [-0.1, -0.05) is 13.0 Å². The topological polar surface area (TPSA) is 70.8 Å². The van der Waals surface area contributed by atoms with Crippen molar-refractivity contribution in [3.8, 4) is 11.5 Å². The van der Waals surface area contributed by atoms with Crippen molar-refractivity contribution in [3.63, 3.8) is 0 Å². The van der Waals surface area contributed by atoms with Crippen molar-refractivity contribution >= 4 is 5.97 Å². The molecule has 0 aromatic heterocycles. The molecule has 0 amide bonds. The Labute approximate surface area is 120 Å². The summed E-state index contributed by atoms with van der Waals surface area (Å²) < 4.78 is 15.5. The van der Waals surface area contributed by atoms with Crippen molar-refractivity contribution in [2.45, 2.75) is 38.8 Å². The molecule has 1 aromatic carbocycles. The van der Waals surface area contributed by atoms with Crippen LogP contribution in [0.15, 0.2) is 18.2 Å². The fraction of sp³-hybridized carbons (Fsp3) is 0.533. The van der Waals surface area contributed by atoms with E-state index in [0.717, 1.165) is 12.0 Å². The minimum Gasteiger partial charge on any atom is -0.497 e. The van der Waals surface area contributed by atoms with E-state index in [1.165, 1.54) is 7.11 Å². The van der Waals surface area contributed by atoms with E-state index in [1.54, 1.807) is 20.1 Å². The zero-order chi connectivity index (χ0) is 15.1. The van der Waals surface area contributed by atoms with E-state index >= 15 is 0 Å². The SMILES string of the molecule is CCC(N)Cc1ccc(OC)cc1OC(C)C(=O)OC. The van der Waals surface area contributed by atoms with E-state index in [-0.39, 0.29) is 6.04 Å². The average Bonchev–Trinajstić information content (AvgIpc) is 2.47. The second-order valence-electron chi connectivity index (χ2n) is 4.63. The first kappa shape index (κ1) is 16.3. The highest BCUT2D eigenvalue weighted by Gasteiger charge is 2.18. The van der Waals surface area contributed by atoms with Crippen LogP contribution in [0.25, 0.3) is 0 Å². The van der Waals surface area contributed by atoms with Gasteiger partial charge in [-0.15, -0.1) is 0 Å². The molecule has 0 aliphatic rings. The molecule has 1 aromatic rings. The molecule has 0 radical (unpaired) electrons. The Balaban J connectivity index is 2.96. The van der Waals surface area contributed by atoms with Gasteiger partial charge in [0, 0.05) is 12.1 Å². The van der Waals surface area contributed by atoms with Gasteiger partial charge in [0.1, 0.15) is 11.5 Å². The number of rotatable bonds is 7. The lowest BCUT2D eigenvalue weighted by Gasteiger charge is -2.18. The second-order valence-corrected chi connectivity index (χ2v) is 4.63. The highest BCUT2D eigenvalue weighted by Crippen LogP contribution is 2.27. The molecule has 2 N–H and O–H groups in total. The van der Waals surface area contributed by atoms with Crippen LogP contribution in [0.1, 0.15) is 25.8 Å². The maximum absolute atomic E-state index is 11.5. The number of ether oxygens (including phenoxy) is 3. The lowest BCUT2D eigenvalue weighted by molar-refractivity contribution is -0.147. The van der Waals surface area contributed by atoms with E-state index in [0.29, 0.717) is 17.9 Å². The maximum atomic E-state index is 11.5. The zero-order valence-corrected chi connectivity index (χ0v) is 12.5. The Bertz CT molecular complexity index is 447. The van der Waals surface area contributed by atoms with Crippen molar-refractivity contribution in [2.24, 2.45) is 5.73 Å². The van der Waals surface area contributed by atoms with Gasteiger partial charge in [-0.25, -0.2) is 4.79 Å². The fourth-order valence-corrected chi connectivity index (χ4v) is 1.77. The number of methoxy groups -OCH3 is 2. The van der Waals surface area contributed by atoms with Crippen molar-refractivity contribution in [3.05, 3.63) is 23.8 Å². The van der Waals surface area contributed by atoms with Gasteiger partial charge >= 0.3 is 5.97 Å². The number of carbonyl (C=O) groups is 1. The molecule has 0 spiro atoms. The normalized spacial score (nSPS) is 13.4. The lowest BCUT2D eigenvalue weighted by Crippen LogP contribution is -2.26. The molecule has 1 rings (SSSR count). The Morgan fingerprint density at radius 1 is 1.35 bits per heavy atom. The summed E-state index contributed by atoms with van der Waals surface area (Å²) in [6.07, 6.45) is 0.880. The molecule has 112 valence electrons. The molecule has 0 heterocycles. The fourth-order valence-electron chi connectivity index (χ4n) is 1.77. The maximum Gasteiger partial charge on any atom is 0.346 e. The smallest absolute Gasteiger partial charge is 0.346 e. The van der Waals surface area contributed by atoms with Crippen molar-refractivity contribution in [2.75, 3.05) is 14.2 Å². The van der Waals surface area contributed by atoms with Gasteiger partial charge in [-0.3, -0.25) is 0 Å². The molecule has 5 nitrogen and oxygen atoms in total. The van der Waals surface area contributed by atoms with Gasteiger partial charge in [0.05, 0.1) is 14.2 Å². The first-order valence-corrected chi connectivity index (χ1v) is 6.68. The number of esters is 1. The second kappa shape index (κ2) is 7.75. The molecule has 0 bridgehead atoms. The third-order valence-corrected chi connectivity index (χ3v) is 3.12. The van der Waals surface area contributed by atoms with Crippen LogP contribution in [0.3, 0.4) is 0 Å². The summed E-state index contributed by atoms with van der Waals surface area (Å²) in [7, 11) is 2.92. The Morgan fingerprint density at radius 3 is 2.60 bits per heavy atom. The Morgan fingerprint density at radius 2 is 2.05 bits per heavy atom. The zero-order valence-electron chi connectivity index (χ0n) is 12.5.